The molecule has 0 radical (unpaired) electrons. The number of hydrogen-bond acceptors (Lipinski definition) is 4. The average molecular weight is 332 g/mol. The highest BCUT2D eigenvalue weighted by Crippen LogP contribution is 2.25. The Labute approximate surface area is 138 Å². The zero-order valence-corrected chi connectivity index (χ0v) is 13.1. The maximum absolute atomic E-state index is 12.3. The van der Waals surface area contributed by atoms with Crippen molar-refractivity contribution < 1.29 is 19.1 Å². The van der Waals surface area contributed by atoms with Gasteiger partial charge in [-0.25, -0.2) is 4.79 Å². The molecule has 5 nitrogen and oxygen atoms in total. The first-order chi connectivity index (χ1) is 11.1. The van der Waals surface area contributed by atoms with E-state index in [-0.39, 0.29) is 5.91 Å². The Morgan fingerprint density at radius 1 is 1.26 bits per heavy atom. The Hall–Kier alpha value is -2.53. The van der Waals surface area contributed by atoms with Gasteiger partial charge in [0.1, 0.15) is 5.75 Å². The van der Waals surface area contributed by atoms with Gasteiger partial charge in [-0.2, -0.15) is 0 Å². The molecule has 0 aromatic heterocycles. The van der Waals surface area contributed by atoms with Crippen LogP contribution in [-0.2, 0) is 16.0 Å². The number of halogens is 1. The summed E-state index contributed by atoms with van der Waals surface area (Å²) < 4.78 is 10.3. The predicted molar refractivity (Wildman–Crippen MR) is 86.0 cm³/mol. The SMILES string of the molecule is COc1ccc(NC(=O)C2Cc3ccc(Cl)cc3C(=O)O2)cc1. The second-order valence-electron chi connectivity index (χ2n) is 5.12. The average Bonchev–Trinajstić information content (AvgIpc) is 2.56. The molecule has 0 bridgehead atoms. The van der Waals surface area contributed by atoms with E-state index in [0.717, 1.165) is 5.56 Å². The number of hydrogen-bond donors (Lipinski definition) is 1. The molecule has 1 N–H and O–H groups in total. The fourth-order valence-electron chi connectivity index (χ4n) is 2.39. The molecule has 6 heteroatoms. The van der Waals surface area contributed by atoms with Gasteiger partial charge >= 0.3 is 5.97 Å². The van der Waals surface area contributed by atoms with Crippen LogP contribution in [-0.4, -0.2) is 25.1 Å². The van der Waals surface area contributed by atoms with Crippen molar-refractivity contribution >= 4 is 29.2 Å². The van der Waals surface area contributed by atoms with E-state index >= 15 is 0 Å². The van der Waals surface area contributed by atoms with Gasteiger partial charge in [0.05, 0.1) is 12.7 Å². The summed E-state index contributed by atoms with van der Waals surface area (Å²) in [4.78, 5) is 24.3. The first kappa shape index (κ1) is 15.4. The summed E-state index contributed by atoms with van der Waals surface area (Å²) in [5, 5.41) is 3.19. The van der Waals surface area contributed by atoms with Crippen molar-refractivity contribution in [2.75, 3.05) is 12.4 Å². The number of carbonyl (C=O) groups excluding carboxylic acids is 2. The lowest BCUT2D eigenvalue weighted by Crippen LogP contribution is -2.38. The number of carbonyl (C=O) groups is 2. The lowest BCUT2D eigenvalue weighted by molar-refractivity contribution is -0.125. The Balaban J connectivity index is 1.73. The van der Waals surface area contributed by atoms with E-state index in [1.165, 1.54) is 0 Å². The van der Waals surface area contributed by atoms with Gasteiger partial charge in [0.15, 0.2) is 6.10 Å². The summed E-state index contributed by atoms with van der Waals surface area (Å²) in [7, 11) is 1.57. The quantitative estimate of drug-likeness (QED) is 0.878. The minimum Gasteiger partial charge on any atom is -0.497 e. The van der Waals surface area contributed by atoms with Gasteiger partial charge in [0.2, 0.25) is 0 Å². The second-order valence-corrected chi connectivity index (χ2v) is 5.55. The first-order valence-electron chi connectivity index (χ1n) is 7.01. The Bertz CT molecular complexity index is 758. The van der Waals surface area contributed by atoms with Crippen molar-refractivity contribution in [3.8, 4) is 5.75 Å². The number of esters is 1. The summed E-state index contributed by atoms with van der Waals surface area (Å²) in [6.07, 6.45) is -0.543. The summed E-state index contributed by atoms with van der Waals surface area (Å²) in [5.41, 5.74) is 1.76. The normalized spacial score (nSPS) is 16.3. The molecule has 23 heavy (non-hydrogen) atoms. The van der Waals surface area contributed by atoms with Crippen LogP contribution >= 0.6 is 11.6 Å². The molecule has 0 aliphatic carbocycles. The zero-order valence-electron chi connectivity index (χ0n) is 12.3. The first-order valence-corrected chi connectivity index (χ1v) is 7.39. The highest BCUT2D eigenvalue weighted by molar-refractivity contribution is 6.31. The molecule has 1 amide bonds. The molecule has 2 aromatic rings. The molecule has 1 aliphatic heterocycles. The molecular weight excluding hydrogens is 318 g/mol. The van der Waals surface area contributed by atoms with Crippen LogP contribution < -0.4 is 10.1 Å². The highest BCUT2D eigenvalue weighted by Gasteiger charge is 2.31. The van der Waals surface area contributed by atoms with Gasteiger partial charge in [-0.3, -0.25) is 4.79 Å². The van der Waals surface area contributed by atoms with Crippen molar-refractivity contribution in [2.24, 2.45) is 0 Å². The number of nitrogens with one attached hydrogen (secondary N) is 1. The summed E-state index contributed by atoms with van der Waals surface area (Å²) in [6, 6.07) is 11.9. The van der Waals surface area contributed by atoms with E-state index in [9.17, 15) is 9.59 Å². The van der Waals surface area contributed by atoms with Gasteiger partial charge in [0, 0.05) is 17.1 Å². The van der Waals surface area contributed by atoms with Crippen LogP contribution in [0.1, 0.15) is 15.9 Å². The summed E-state index contributed by atoms with van der Waals surface area (Å²) >= 11 is 5.88. The predicted octanol–water partition coefficient (Wildman–Crippen LogP) is 3.07. The van der Waals surface area contributed by atoms with Crippen LogP contribution in [0.5, 0.6) is 5.75 Å². The van der Waals surface area contributed by atoms with Crippen molar-refractivity contribution in [3.05, 3.63) is 58.6 Å². The Morgan fingerprint density at radius 3 is 2.70 bits per heavy atom. The van der Waals surface area contributed by atoms with E-state index in [1.807, 2.05) is 0 Å². The van der Waals surface area contributed by atoms with Crippen LogP contribution in [0.25, 0.3) is 0 Å². The molecule has 0 spiro atoms. The van der Waals surface area contributed by atoms with Gasteiger partial charge in [0.25, 0.3) is 5.91 Å². The van der Waals surface area contributed by atoms with Crippen LogP contribution in [0.3, 0.4) is 0 Å². The van der Waals surface area contributed by atoms with Gasteiger partial charge in [-0.15, -0.1) is 0 Å². The molecule has 0 saturated heterocycles. The fraction of sp³-hybridized carbons (Fsp3) is 0.176. The van der Waals surface area contributed by atoms with Crippen LogP contribution in [0, 0.1) is 0 Å². The van der Waals surface area contributed by atoms with Gasteiger partial charge in [-0.05, 0) is 42.0 Å². The lowest BCUT2D eigenvalue weighted by Gasteiger charge is -2.24. The van der Waals surface area contributed by atoms with E-state index in [2.05, 4.69) is 5.32 Å². The third-order valence-electron chi connectivity index (χ3n) is 3.60. The number of benzene rings is 2. The Morgan fingerprint density at radius 2 is 2.00 bits per heavy atom. The third-order valence-corrected chi connectivity index (χ3v) is 3.83. The number of cyclic esters (lactones) is 1. The van der Waals surface area contributed by atoms with Crippen LogP contribution in [0.15, 0.2) is 42.5 Å². The highest BCUT2D eigenvalue weighted by atomic mass is 35.5. The Kier molecular flexibility index (Phi) is 4.21. The zero-order chi connectivity index (χ0) is 16.4. The molecule has 3 rings (SSSR count). The smallest absolute Gasteiger partial charge is 0.339 e. The molecule has 1 aliphatic rings. The maximum atomic E-state index is 12.3. The molecule has 118 valence electrons. The fourth-order valence-corrected chi connectivity index (χ4v) is 2.57. The van der Waals surface area contributed by atoms with Gasteiger partial charge < -0.3 is 14.8 Å². The number of fused-ring (bicyclic) bond motifs is 1. The largest absolute Gasteiger partial charge is 0.497 e. The van der Waals surface area contributed by atoms with Crippen molar-refractivity contribution in [1.29, 1.82) is 0 Å². The minimum atomic E-state index is -0.863. The standard InChI is InChI=1S/C17H14ClNO4/c1-22-13-6-4-12(5-7-13)19-16(20)15-8-10-2-3-11(18)9-14(10)17(21)23-15/h2-7,9,15H,8H2,1H3,(H,19,20). The lowest BCUT2D eigenvalue weighted by atomic mass is 9.98. The van der Waals surface area contributed by atoms with E-state index in [4.69, 9.17) is 21.1 Å². The van der Waals surface area contributed by atoms with Crippen LogP contribution in [0.4, 0.5) is 5.69 Å². The van der Waals surface area contributed by atoms with Crippen molar-refractivity contribution in [3.63, 3.8) is 0 Å². The monoisotopic (exact) mass is 331 g/mol. The minimum absolute atomic E-state index is 0.320. The number of rotatable bonds is 3. The molecule has 2 aromatic carbocycles. The number of amides is 1. The number of ether oxygens (including phenoxy) is 2. The second kappa shape index (κ2) is 6.30. The van der Waals surface area contributed by atoms with Crippen molar-refractivity contribution in [1.82, 2.24) is 0 Å². The van der Waals surface area contributed by atoms with Gasteiger partial charge in [-0.1, -0.05) is 17.7 Å². The van der Waals surface area contributed by atoms with E-state index in [1.54, 1.807) is 49.6 Å². The summed E-state index contributed by atoms with van der Waals surface area (Å²) in [5.74, 6) is -0.217. The molecule has 0 fully saturated rings. The third kappa shape index (κ3) is 3.29. The number of methoxy groups -OCH3 is 1. The van der Waals surface area contributed by atoms with Crippen molar-refractivity contribution in [2.45, 2.75) is 12.5 Å². The van der Waals surface area contributed by atoms with Crippen LogP contribution in [0.2, 0.25) is 5.02 Å². The molecule has 1 heterocycles. The van der Waals surface area contributed by atoms with E-state index < -0.39 is 12.1 Å². The molecule has 1 atom stereocenters. The topological polar surface area (TPSA) is 64.6 Å². The maximum Gasteiger partial charge on any atom is 0.339 e. The van der Waals surface area contributed by atoms with E-state index in [0.29, 0.717) is 28.4 Å². The molecule has 0 saturated carbocycles. The molecular formula is C17H14ClNO4. The number of anilines is 1. The molecule has 1 unspecified atom stereocenters. The summed E-state index contributed by atoms with van der Waals surface area (Å²) in [6.45, 7) is 0.